The second-order valence-corrected chi connectivity index (χ2v) is 6.31. The molecule has 0 fully saturated rings. The standard InChI is InChI=1S/C17H18FNS/c1-12(13-5-4-6-14(18)11-13)19-16-9-10-20-17-8-3-2-7-15(16)17/h2-8,11-12,16,19H,9-10H2,1H3/t12-,16?/m1/s1. The first-order valence-electron chi connectivity index (χ1n) is 6.97. The zero-order chi connectivity index (χ0) is 13.9. The molecule has 1 unspecified atom stereocenters. The van der Waals surface area contributed by atoms with Crippen molar-refractivity contribution >= 4 is 11.8 Å². The Morgan fingerprint density at radius 2 is 2.05 bits per heavy atom. The molecule has 2 aromatic carbocycles. The zero-order valence-corrected chi connectivity index (χ0v) is 12.3. The molecule has 1 aliphatic heterocycles. The molecule has 1 heterocycles. The predicted molar refractivity (Wildman–Crippen MR) is 82.5 cm³/mol. The van der Waals surface area contributed by atoms with Crippen LogP contribution in [0.1, 0.15) is 36.6 Å². The van der Waals surface area contributed by atoms with E-state index in [1.165, 1.54) is 16.5 Å². The van der Waals surface area contributed by atoms with Crippen LogP contribution < -0.4 is 5.32 Å². The molecule has 1 aliphatic rings. The van der Waals surface area contributed by atoms with Gasteiger partial charge in [-0.05, 0) is 48.4 Å². The first-order chi connectivity index (χ1) is 9.74. The van der Waals surface area contributed by atoms with Crippen molar-refractivity contribution in [2.24, 2.45) is 0 Å². The van der Waals surface area contributed by atoms with Crippen molar-refractivity contribution < 1.29 is 4.39 Å². The lowest BCUT2D eigenvalue weighted by Crippen LogP contribution is -2.27. The molecular weight excluding hydrogens is 269 g/mol. The lowest BCUT2D eigenvalue weighted by atomic mass is 10.0. The van der Waals surface area contributed by atoms with Crippen LogP contribution in [0, 0.1) is 5.82 Å². The van der Waals surface area contributed by atoms with E-state index in [4.69, 9.17) is 0 Å². The van der Waals surface area contributed by atoms with Crippen molar-refractivity contribution in [3.05, 3.63) is 65.5 Å². The molecule has 1 N–H and O–H groups in total. The highest BCUT2D eigenvalue weighted by Gasteiger charge is 2.21. The Hall–Kier alpha value is -1.32. The Morgan fingerprint density at radius 3 is 2.90 bits per heavy atom. The fourth-order valence-electron chi connectivity index (χ4n) is 2.69. The van der Waals surface area contributed by atoms with Crippen LogP contribution in [0.4, 0.5) is 4.39 Å². The highest BCUT2D eigenvalue weighted by atomic mass is 32.2. The van der Waals surface area contributed by atoms with Gasteiger partial charge in [0.25, 0.3) is 0 Å². The summed E-state index contributed by atoms with van der Waals surface area (Å²) in [6.45, 7) is 2.10. The molecular formula is C17H18FNS. The molecule has 3 rings (SSSR count). The third-order valence-corrected chi connectivity index (χ3v) is 4.88. The van der Waals surface area contributed by atoms with Gasteiger partial charge < -0.3 is 5.32 Å². The van der Waals surface area contributed by atoms with Gasteiger partial charge in [-0.3, -0.25) is 0 Å². The van der Waals surface area contributed by atoms with Crippen LogP contribution in [0.5, 0.6) is 0 Å². The summed E-state index contributed by atoms with van der Waals surface area (Å²) in [5.41, 5.74) is 2.37. The number of thioether (sulfide) groups is 1. The normalized spacial score (nSPS) is 19.4. The molecule has 2 atom stereocenters. The van der Waals surface area contributed by atoms with Crippen molar-refractivity contribution in [1.29, 1.82) is 0 Å². The second kappa shape index (κ2) is 5.98. The van der Waals surface area contributed by atoms with Gasteiger partial charge in [0.05, 0.1) is 0 Å². The van der Waals surface area contributed by atoms with Crippen LogP contribution in [-0.2, 0) is 0 Å². The van der Waals surface area contributed by atoms with Crippen molar-refractivity contribution in [2.75, 3.05) is 5.75 Å². The van der Waals surface area contributed by atoms with Crippen LogP contribution >= 0.6 is 11.8 Å². The van der Waals surface area contributed by atoms with Crippen molar-refractivity contribution in [3.63, 3.8) is 0 Å². The highest BCUT2D eigenvalue weighted by molar-refractivity contribution is 7.99. The van der Waals surface area contributed by atoms with E-state index in [2.05, 4.69) is 36.5 Å². The van der Waals surface area contributed by atoms with E-state index in [0.29, 0.717) is 6.04 Å². The summed E-state index contributed by atoms with van der Waals surface area (Å²) >= 11 is 1.92. The van der Waals surface area contributed by atoms with Gasteiger partial charge in [-0.1, -0.05) is 30.3 Å². The molecule has 1 nitrogen and oxygen atoms in total. The molecule has 0 spiro atoms. The minimum atomic E-state index is -0.171. The summed E-state index contributed by atoms with van der Waals surface area (Å²) in [7, 11) is 0. The van der Waals surface area contributed by atoms with Crippen molar-refractivity contribution in [2.45, 2.75) is 30.3 Å². The van der Waals surface area contributed by atoms with Crippen LogP contribution in [0.2, 0.25) is 0 Å². The molecule has 0 bridgehead atoms. The minimum Gasteiger partial charge on any atom is -0.303 e. The van der Waals surface area contributed by atoms with E-state index >= 15 is 0 Å². The third kappa shape index (κ3) is 2.89. The highest BCUT2D eigenvalue weighted by Crippen LogP contribution is 2.37. The first kappa shape index (κ1) is 13.7. The Balaban J connectivity index is 1.79. The molecule has 0 saturated heterocycles. The van der Waals surface area contributed by atoms with Gasteiger partial charge in [-0.25, -0.2) is 4.39 Å². The lowest BCUT2D eigenvalue weighted by molar-refractivity contribution is 0.448. The lowest BCUT2D eigenvalue weighted by Gasteiger charge is -2.29. The number of rotatable bonds is 3. The van der Waals surface area contributed by atoms with Gasteiger partial charge in [-0.15, -0.1) is 11.8 Å². The molecule has 0 amide bonds. The van der Waals surface area contributed by atoms with E-state index in [0.717, 1.165) is 17.7 Å². The summed E-state index contributed by atoms with van der Waals surface area (Å²) in [5, 5.41) is 3.64. The maximum absolute atomic E-state index is 13.3. The third-order valence-electron chi connectivity index (χ3n) is 3.76. The molecule has 0 aliphatic carbocycles. The Morgan fingerprint density at radius 1 is 1.20 bits per heavy atom. The fraction of sp³-hybridized carbons (Fsp3) is 0.294. The number of hydrogen-bond acceptors (Lipinski definition) is 2. The number of nitrogens with one attached hydrogen (secondary N) is 1. The van der Waals surface area contributed by atoms with E-state index in [1.54, 1.807) is 12.1 Å². The average molecular weight is 287 g/mol. The van der Waals surface area contributed by atoms with Gasteiger partial charge in [0, 0.05) is 17.0 Å². The van der Waals surface area contributed by atoms with Crippen LogP contribution in [0.3, 0.4) is 0 Å². The Labute approximate surface area is 123 Å². The molecule has 0 saturated carbocycles. The monoisotopic (exact) mass is 287 g/mol. The molecule has 0 aromatic heterocycles. The molecule has 20 heavy (non-hydrogen) atoms. The molecule has 104 valence electrons. The van der Waals surface area contributed by atoms with Gasteiger partial charge in [0.15, 0.2) is 0 Å². The summed E-state index contributed by atoms with van der Waals surface area (Å²) < 4.78 is 13.3. The predicted octanol–water partition coefficient (Wildman–Crippen LogP) is 4.71. The fourth-order valence-corrected chi connectivity index (χ4v) is 3.81. The molecule has 3 heteroatoms. The van der Waals surface area contributed by atoms with Crippen LogP contribution in [0.15, 0.2) is 53.4 Å². The molecule has 0 radical (unpaired) electrons. The van der Waals surface area contributed by atoms with E-state index in [1.807, 2.05) is 17.8 Å². The SMILES string of the molecule is C[C@@H](NC1CCSc2ccccc21)c1cccc(F)c1. The summed E-state index contributed by atoms with van der Waals surface area (Å²) in [4.78, 5) is 1.36. The van der Waals surface area contributed by atoms with E-state index in [9.17, 15) is 4.39 Å². The summed E-state index contributed by atoms with van der Waals surface area (Å²) in [5.74, 6) is 0.959. The quantitative estimate of drug-likeness (QED) is 0.877. The van der Waals surface area contributed by atoms with E-state index < -0.39 is 0 Å². The van der Waals surface area contributed by atoms with Crippen molar-refractivity contribution in [1.82, 2.24) is 5.32 Å². The number of benzene rings is 2. The van der Waals surface area contributed by atoms with Gasteiger partial charge >= 0.3 is 0 Å². The van der Waals surface area contributed by atoms with Crippen molar-refractivity contribution in [3.8, 4) is 0 Å². The molecule has 2 aromatic rings. The number of hydrogen-bond donors (Lipinski definition) is 1. The second-order valence-electron chi connectivity index (χ2n) is 5.17. The van der Waals surface area contributed by atoms with Crippen LogP contribution in [0.25, 0.3) is 0 Å². The number of halogens is 1. The zero-order valence-electron chi connectivity index (χ0n) is 11.5. The maximum atomic E-state index is 13.3. The smallest absolute Gasteiger partial charge is 0.123 e. The Kier molecular flexibility index (Phi) is 4.08. The topological polar surface area (TPSA) is 12.0 Å². The van der Waals surface area contributed by atoms with Gasteiger partial charge in [-0.2, -0.15) is 0 Å². The van der Waals surface area contributed by atoms with Gasteiger partial charge in [0.1, 0.15) is 5.82 Å². The maximum Gasteiger partial charge on any atom is 0.123 e. The Bertz CT molecular complexity index is 599. The summed E-state index contributed by atoms with van der Waals surface area (Å²) in [6.07, 6.45) is 1.11. The van der Waals surface area contributed by atoms with Gasteiger partial charge in [0.2, 0.25) is 0 Å². The largest absolute Gasteiger partial charge is 0.303 e. The van der Waals surface area contributed by atoms with Crippen LogP contribution in [-0.4, -0.2) is 5.75 Å². The minimum absolute atomic E-state index is 0.145. The average Bonchev–Trinajstić information content (AvgIpc) is 2.47. The summed E-state index contributed by atoms with van der Waals surface area (Å²) in [6, 6.07) is 15.9. The number of fused-ring (bicyclic) bond motifs is 1. The first-order valence-corrected chi connectivity index (χ1v) is 7.96. The van der Waals surface area contributed by atoms with E-state index in [-0.39, 0.29) is 11.9 Å².